The monoisotopic (exact) mass is 476 g/mol. The Hall–Kier alpha value is -4.05. The van der Waals surface area contributed by atoms with Crippen LogP contribution in [0.15, 0.2) is 60.8 Å². The zero-order chi connectivity index (χ0) is 23.1. The van der Waals surface area contributed by atoms with Gasteiger partial charge in [-0.15, -0.1) is 12.4 Å². The van der Waals surface area contributed by atoms with Crippen LogP contribution in [-0.4, -0.2) is 22.8 Å². The van der Waals surface area contributed by atoms with E-state index in [1.54, 1.807) is 0 Å². The molecule has 0 aliphatic rings. The van der Waals surface area contributed by atoms with Gasteiger partial charge < -0.3 is 15.4 Å². The van der Waals surface area contributed by atoms with Crippen molar-refractivity contribution in [3.63, 3.8) is 0 Å². The fourth-order valence-corrected chi connectivity index (χ4v) is 2.63. The lowest BCUT2D eigenvalue weighted by atomic mass is 10.1. The first-order chi connectivity index (χ1) is 15.3. The average molecular weight is 477 g/mol. The van der Waals surface area contributed by atoms with E-state index in [9.17, 15) is 23.2 Å². The number of hydrogen-bond acceptors (Lipinski definition) is 5. The molecule has 0 fully saturated rings. The minimum Gasteiger partial charge on any atom is -0.454 e. The number of imide groups is 1. The molecule has 0 radical (unpaired) electrons. The molecule has 4 amide bonds. The van der Waals surface area contributed by atoms with Gasteiger partial charge in [0.1, 0.15) is 17.4 Å². The van der Waals surface area contributed by atoms with Crippen LogP contribution in [0.4, 0.5) is 25.1 Å². The van der Waals surface area contributed by atoms with Crippen molar-refractivity contribution >= 4 is 41.8 Å². The number of carbonyl (C=O) groups excluding carboxylic acids is 3. The molecule has 2 aromatic carbocycles. The Balaban J connectivity index is 0.00000385. The van der Waals surface area contributed by atoms with Gasteiger partial charge >= 0.3 is 6.03 Å². The van der Waals surface area contributed by atoms with Gasteiger partial charge in [-0.05, 0) is 35.9 Å². The summed E-state index contributed by atoms with van der Waals surface area (Å²) in [4.78, 5) is 39.0. The zero-order valence-corrected chi connectivity index (χ0v) is 18.0. The number of nitrogens with one attached hydrogen (secondary N) is 3. The maximum absolute atomic E-state index is 14.4. The Kier molecular flexibility index (Phi) is 8.81. The number of ether oxygens (including phenoxy) is 1. The summed E-state index contributed by atoms with van der Waals surface area (Å²) in [5, 5.41) is 6.94. The van der Waals surface area contributed by atoms with E-state index >= 15 is 0 Å². The van der Waals surface area contributed by atoms with Crippen LogP contribution in [0.5, 0.6) is 11.5 Å². The normalized spacial score (nSPS) is 9.91. The van der Waals surface area contributed by atoms with Gasteiger partial charge in [-0.25, -0.2) is 18.6 Å². The van der Waals surface area contributed by atoms with E-state index in [-0.39, 0.29) is 47.7 Å². The predicted octanol–water partition coefficient (Wildman–Crippen LogP) is 4.42. The molecule has 3 rings (SSSR count). The van der Waals surface area contributed by atoms with Crippen LogP contribution in [0.25, 0.3) is 0 Å². The molecule has 33 heavy (non-hydrogen) atoms. The van der Waals surface area contributed by atoms with Gasteiger partial charge in [0.25, 0.3) is 0 Å². The molecule has 3 aromatic rings. The quantitative estimate of drug-likeness (QED) is 0.488. The topological polar surface area (TPSA) is 109 Å². The van der Waals surface area contributed by atoms with Gasteiger partial charge in [-0.1, -0.05) is 12.1 Å². The number of rotatable bonds is 6. The van der Waals surface area contributed by atoms with Gasteiger partial charge in [-0.2, -0.15) is 0 Å². The highest BCUT2D eigenvalue weighted by Gasteiger charge is 2.12. The zero-order valence-electron chi connectivity index (χ0n) is 17.2. The minimum atomic E-state index is -0.848. The molecular formula is C22H19ClF2N4O4. The number of benzene rings is 2. The fraction of sp³-hybridized carbons (Fsp3) is 0.0909. The number of anilines is 2. The number of pyridine rings is 1. The van der Waals surface area contributed by atoms with E-state index in [0.717, 1.165) is 6.07 Å². The molecule has 0 unspecified atom stereocenters. The molecule has 0 aliphatic heterocycles. The molecule has 0 bridgehead atoms. The van der Waals surface area contributed by atoms with E-state index in [0.29, 0.717) is 5.56 Å². The first-order valence-corrected chi connectivity index (χ1v) is 9.35. The number of urea groups is 1. The van der Waals surface area contributed by atoms with E-state index in [4.69, 9.17) is 4.74 Å². The molecule has 0 aliphatic carbocycles. The second kappa shape index (κ2) is 11.5. The lowest BCUT2D eigenvalue weighted by molar-refractivity contribution is -0.119. The number of amides is 4. The van der Waals surface area contributed by atoms with Gasteiger partial charge in [0, 0.05) is 30.9 Å². The molecule has 0 atom stereocenters. The Labute approximate surface area is 193 Å². The van der Waals surface area contributed by atoms with Gasteiger partial charge in [0.15, 0.2) is 11.6 Å². The van der Waals surface area contributed by atoms with Crippen LogP contribution in [0.3, 0.4) is 0 Å². The van der Waals surface area contributed by atoms with Crippen molar-refractivity contribution in [1.29, 1.82) is 0 Å². The lowest BCUT2D eigenvalue weighted by Crippen LogP contribution is -2.35. The maximum Gasteiger partial charge on any atom is 0.325 e. The third-order valence-corrected chi connectivity index (χ3v) is 3.98. The molecule has 3 N–H and O–H groups in total. The van der Waals surface area contributed by atoms with Crippen molar-refractivity contribution in [2.45, 2.75) is 13.3 Å². The number of hydrogen-bond donors (Lipinski definition) is 3. The lowest BCUT2D eigenvalue weighted by Gasteiger charge is -2.11. The highest BCUT2D eigenvalue weighted by atomic mass is 35.5. The highest BCUT2D eigenvalue weighted by molar-refractivity contribution is 6.01. The van der Waals surface area contributed by atoms with Crippen LogP contribution in [0.2, 0.25) is 0 Å². The smallest absolute Gasteiger partial charge is 0.325 e. The molecule has 0 spiro atoms. The molecular weight excluding hydrogens is 458 g/mol. The molecule has 172 valence electrons. The van der Waals surface area contributed by atoms with Gasteiger partial charge in [0.05, 0.1) is 6.42 Å². The first kappa shape index (κ1) is 25.2. The summed E-state index contributed by atoms with van der Waals surface area (Å²) in [5.74, 6) is -1.75. The molecule has 1 heterocycles. The van der Waals surface area contributed by atoms with E-state index < -0.39 is 23.6 Å². The molecule has 0 saturated carbocycles. The SMILES string of the molecule is CC(=O)Nc1cc(Oc2ccc(NC(=O)NC(=O)Cc3ccc(F)cc3)cc2F)ccn1.Cl. The third kappa shape index (κ3) is 7.86. The molecule has 11 heteroatoms. The van der Waals surface area contributed by atoms with Crippen LogP contribution in [0.1, 0.15) is 12.5 Å². The van der Waals surface area contributed by atoms with Crippen molar-refractivity contribution in [2.75, 3.05) is 10.6 Å². The summed E-state index contributed by atoms with van der Waals surface area (Å²) in [6.07, 6.45) is 1.27. The molecule has 0 saturated heterocycles. The average Bonchev–Trinajstić information content (AvgIpc) is 2.71. The highest BCUT2D eigenvalue weighted by Crippen LogP contribution is 2.27. The first-order valence-electron chi connectivity index (χ1n) is 9.35. The summed E-state index contributed by atoms with van der Waals surface area (Å²) in [7, 11) is 0. The van der Waals surface area contributed by atoms with Crippen molar-refractivity contribution in [1.82, 2.24) is 10.3 Å². The Bertz CT molecular complexity index is 1160. The van der Waals surface area contributed by atoms with Gasteiger partial charge in [-0.3, -0.25) is 14.9 Å². The Morgan fingerprint density at radius 2 is 1.70 bits per heavy atom. The number of carbonyl (C=O) groups is 3. The van der Waals surface area contributed by atoms with Crippen LogP contribution < -0.4 is 20.7 Å². The summed E-state index contributed by atoms with van der Waals surface area (Å²) in [6, 6.07) is 11.1. The van der Waals surface area contributed by atoms with Gasteiger partial charge in [0.2, 0.25) is 11.8 Å². The number of halogens is 3. The van der Waals surface area contributed by atoms with E-state index in [1.807, 2.05) is 0 Å². The summed E-state index contributed by atoms with van der Waals surface area (Å²) < 4.78 is 32.8. The predicted molar refractivity (Wildman–Crippen MR) is 120 cm³/mol. The Morgan fingerprint density at radius 1 is 0.970 bits per heavy atom. The maximum atomic E-state index is 14.4. The Morgan fingerprint density at radius 3 is 2.36 bits per heavy atom. The third-order valence-electron chi connectivity index (χ3n) is 3.98. The number of aromatic nitrogens is 1. The fourth-order valence-electron chi connectivity index (χ4n) is 2.63. The standard InChI is InChI=1S/C22H18F2N4O4.ClH/c1-13(29)26-20-12-17(8-9-25-20)32-19-7-6-16(11-18(19)24)27-22(31)28-21(30)10-14-2-4-15(23)5-3-14;/h2-9,11-12H,10H2,1H3,(H,25,26,29)(H2,27,28,30,31);1H. The van der Waals surface area contributed by atoms with Crippen molar-refractivity contribution in [2.24, 2.45) is 0 Å². The summed E-state index contributed by atoms with van der Waals surface area (Å²) in [6.45, 7) is 1.33. The van der Waals surface area contributed by atoms with Crippen molar-refractivity contribution in [3.8, 4) is 11.5 Å². The van der Waals surface area contributed by atoms with E-state index in [1.165, 1.54) is 61.7 Å². The van der Waals surface area contributed by atoms with Crippen LogP contribution in [0, 0.1) is 11.6 Å². The number of nitrogens with zero attached hydrogens (tertiary/aromatic N) is 1. The van der Waals surface area contributed by atoms with E-state index in [2.05, 4.69) is 20.9 Å². The van der Waals surface area contributed by atoms with Crippen LogP contribution in [-0.2, 0) is 16.0 Å². The largest absolute Gasteiger partial charge is 0.454 e. The summed E-state index contributed by atoms with van der Waals surface area (Å²) in [5.41, 5.74) is 0.623. The molecule has 1 aromatic heterocycles. The molecule has 8 nitrogen and oxygen atoms in total. The van der Waals surface area contributed by atoms with Crippen molar-refractivity contribution < 1.29 is 27.9 Å². The van der Waals surface area contributed by atoms with Crippen molar-refractivity contribution in [3.05, 3.63) is 78.0 Å². The van der Waals surface area contributed by atoms with Crippen LogP contribution >= 0.6 is 12.4 Å². The second-order valence-corrected chi connectivity index (χ2v) is 6.61. The second-order valence-electron chi connectivity index (χ2n) is 6.61. The minimum absolute atomic E-state index is 0. The summed E-state index contributed by atoms with van der Waals surface area (Å²) >= 11 is 0.